The molecule has 5 heterocycles. The Balaban J connectivity index is 1.03. The van der Waals surface area contributed by atoms with E-state index in [1.165, 1.54) is 65.7 Å². The van der Waals surface area contributed by atoms with Crippen LogP contribution in [0.2, 0.25) is 0 Å². The van der Waals surface area contributed by atoms with Crippen molar-refractivity contribution in [2.24, 2.45) is 0 Å². The number of nitrogens with zero attached hydrogens (tertiary/aromatic N) is 3. The number of hydrogen-bond acceptors (Lipinski definition) is 2. The Morgan fingerprint density at radius 2 is 0.676 bits per heavy atom. The van der Waals surface area contributed by atoms with Crippen molar-refractivity contribution in [2.45, 2.75) is 52.4 Å². The Bertz CT molecular complexity index is 3770. The van der Waals surface area contributed by atoms with E-state index in [-0.39, 0.29) is 17.5 Å². The molecule has 0 radical (unpaired) electrons. The fourth-order valence-corrected chi connectivity index (χ4v) is 11.5. The van der Waals surface area contributed by atoms with Crippen LogP contribution in [0.1, 0.15) is 52.7 Å². The van der Waals surface area contributed by atoms with Gasteiger partial charge in [-0.05, 0) is 106 Å². The number of fused-ring (bicyclic) bond motifs is 13. The van der Waals surface area contributed by atoms with Gasteiger partial charge in [0.15, 0.2) is 0 Å². The first-order valence-electron chi connectivity index (χ1n) is 23.9. The molecular weight excluding hydrogens is 830 g/mol. The molecule has 0 spiro atoms. The third kappa shape index (κ3) is 5.58. The van der Waals surface area contributed by atoms with E-state index in [1.54, 1.807) is 0 Å². The Kier molecular flexibility index (Phi) is 7.96. The van der Waals surface area contributed by atoms with E-state index in [2.05, 4.69) is 237 Å². The summed E-state index contributed by atoms with van der Waals surface area (Å²) in [6.07, 6.45) is 0. The largest absolute Gasteiger partial charge is 0.458 e. The number of hydrogen-bond donors (Lipinski definition) is 0. The molecule has 0 saturated heterocycles. The zero-order valence-electron chi connectivity index (χ0n) is 39.1. The van der Waals surface area contributed by atoms with Crippen LogP contribution < -0.4 is 25.9 Å². The highest BCUT2D eigenvalue weighted by Gasteiger charge is 2.42. The van der Waals surface area contributed by atoms with Gasteiger partial charge in [0.1, 0.15) is 23.0 Å². The quantitative estimate of drug-likeness (QED) is 0.166. The van der Waals surface area contributed by atoms with E-state index in [4.69, 9.17) is 9.47 Å². The lowest BCUT2D eigenvalue weighted by molar-refractivity contribution is 0.463. The van der Waals surface area contributed by atoms with Crippen LogP contribution in [0.15, 0.2) is 182 Å². The molecule has 326 valence electrons. The molecule has 0 N–H and O–H groups in total. The third-order valence-electron chi connectivity index (χ3n) is 14.9. The first-order chi connectivity index (χ1) is 33.0. The summed E-state index contributed by atoms with van der Waals surface area (Å²) in [5.74, 6) is 3.43. The standard InChI is InChI=1S/C62H48BN3O2/c1-61(2,3)37-23-29-56-48(31-37)63-49-32-38(62(4,5)6)24-30-57(49)68-59-36-41(35-58(67-56)60(59)63)66-54-27-25-39(64-50-19-11-7-15-42(50)43-16-8-12-20-51(43)64)33-46(54)47-34-40(26-28-55(47)66)65-52-21-13-9-17-44(52)45-18-10-14-22-53(45)65/h7-36H,1-6H3. The maximum absolute atomic E-state index is 7.07. The second-order valence-corrected chi connectivity index (χ2v) is 21.0. The molecule has 5 nitrogen and oxygen atoms in total. The molecule has 9 aromatic carbocycles. The predicted octanol–water partition coefficient (Wildman–Crippen LogP) is 14.3. The van der Waals surface area contributed by atoms with Gasteiger partial charge in [-0.2, -0.15) is 0 Å². The fourth-order valence-electron chi connectivity index (χ4n) is 11.5. The molecule has 2 aliphatic heterocycles. The molecule has 0 amide bonds. The summed E-state index contributed by atoms with van der Waals surface area (Å²) < 4.78 is 21.4. The van der Waals surface area contributed by atoms with Crippen LogP contribution in [0.5, 0.6) is 23.0 Å². The summed E-state index contributed by atoms with van der Waals surface area (Å²) in [5, 5.41) is 7.29. The highest BCUT2D eigenvalue weighted by atomic mass is 16.5. The molecule has 14 rings (SSSR count). The lowest BCUT2D eigenvalue weighted by atomic mass is 9.34. The zero-order chi connectivity index (χ0) is 45.8. The van der Waals surface area contributed by atoms with Crippen LogP contribution in [0.25, 0.3) is 82.5 Å². The van der Waals surface area contributed by atoms with Crippen molar-refractivity contribution in [1.82, 2.24) is 13.7 Å². The Morgan fingerprint density at radius 3 is 1.06 bits per heavy atom. The normalized spacial score (nSPS) is 13.4. The average Bonchev–Trinajstić information content (AvgIpc) is 3.98. The van der Waals surface area contributed by atoms with Crippen molar-refractivity contribution in [3.8, 4) is 40.1 Å². The van der Waals surface area contributed by atoms with Crippen molar-refractivity contribution >= 4 is 88.5 Å². The van der Waals surface area contributed by atoms with E-state index >= 15 is 0 Å². The molecule has 3 aromatic heterocycles. The Labute approximate surface area is 395 Å². The lowest BCUT2D eigenvalue weighted by Crippen LogP contribution is -2.57. The second-order valence-electron chi connectivity index (χ2n) is 21.0. The summed E-state index contributed by atoms with van der Waals surface area (Å²) in [5.41, 5.74) is 16.1. The van der Waals surface area contributed by atoms with Gasteiger partial charge < -0.3 is 23.2 Å². The van der Waals surface area contributed by atoms with Gasteiger partial charge in [-0.15, -0.1) is 0 Å². The van der Waals surface area contributed by atoms with Gasteiger partial charge in [-0.1, -0.05) is 139 Å². The topological polar surface area (TPSA) is 33.2 Å². The van der Waals surface area contributed by atoms with Crippen LogP contribution in [-0.2, 0) is 10.8 Å². The zero-order valence-corrected chi connectivity index (χ0v) is 39.1. The molecule has 12 aromatic rings. The highest BCUT2D eigenvalue weighted by Crippen LogP contribution is 2.43. The number of benzene rings is 9. The summed E-state index contributed by atoms with van der Waals surface area (Å²) in [7, 11) is 0. The highest BCUT2D eigenvalue weighted by molar-refractivity contribution is 6.98. The minimum atomic E-state index is -0.0492. The van der Waals surface area contributed by atoms with Crippen LogP contribution >= 0.6 is 0 Å². The van der Waals surface area contributed by atoms with Crippen LogP contribution in [0, 0.1) is 0 Å². The molecule has 0 saturated carbocycles. The average molecular weight is 878 g/mol. The van der Waals surface area contributed by atoms with E-state index in [0.717, 1.165) is 67.3 Å². The first-order valence-corrected chi connectivity index (χ1v) is 23.9. The number of aromatic nitrogens is 3. The van der Waals surface area contributed by atoms with Gasteiger partial charge in [0.25, 0.3) is 6.71 Å². The van der Waals surface area contributed by atoms with E-state index < -0.39 is 0 Å². The maximum Gasteiger partial charge on any atom is 0.260 e. The summed E-state index contributed by atoms with van der Waals surface area (Å²) in [4.78, 5) is 0. The monoisotopic (exact) mass is 877 g/mol. The van der Waals surface area contributed by atoms with E-state index in [1.807, 2.05) is 0 Å². The lowest BCUT2D eigenvalue weighted by Gasteiger charge is -2.35. The van der Waals surface area contributed by atoms with E-state index in [0.29, 0.717) is 0 Å². The van der Waals surface area contributed by atoms with Crippen molar-refractivity contribution < 1.29 is 9.47 Å². The number of para-hydroxylation sites is 4. The molecule has 0 fully saturated rings. The minimum Gasteiger partial charge on any atom is -0.458 e. The molecule has 6 heteroatoms. The van der Waals surface area contributed by atoms with Gasteiger partial charge in [-0.3, -0.25) is 0 Å². The minimum absolute atomic E-state index is 0.0252. The van der Waals surface area contributed by atoms with Crippen molar-refractivity contribution in [1.29, 1.82) is 0 Å². The number of ether oxygens (including phenoxy) is 2. The molecule has 0 bridgehead atoms. The van der Waals surface area contributed by atoms with Crippen LogP contribution in [-0.4, -0.2) is 20.4 Å². The second kappa shape index (κ2) is 13.8. The van der Waals surface area contributed by atoms with E-state index in [9.17, 15) is 0 Å². The molecule has 0 aliphatic carbocycles. The molecular formula is C62H48BN3O2. The van der Waals surface area contributed by atoms with Gasteiger partial charge >= 0.3 is 0 Å². The number of rotatable bonds is 3. The maximum atomic E-state index is 7.07. The van der Waals surface area contributed by atoms with Gasteiger partial charge in [0.2, 0.25) is 0 Å². The summed E-state index contributed by atoms with van der Waals surface area (Å²) >= 11 is 0. The molecule has 68 heavy (non-hydrogen) atoms. The molecule has 2 aliphatic rings. The predicted molar refractivity (Wildman–Crippen MR) is 285 cm³/mol. The SMILES string of the molecule is CC(C)(C)c1ccc2c(c1)B1c3cc(C(C)(C)C)ccc3Oc3cc(-n4c5ccc(-n6c7ccccc7c7ccccc76)cc5c5cc(-n6c7ccccc7c7ccccc76)ccc54)cc(c31)O2. The summed E-state index contributed by atoms with van der Waals surface area (Å²) in [6, 6.07) is 67.0. The van der Waals surface area contributed by atoms with Crippen molar-refractivity contribution in [3.05, 3.63) is 193 Å². The Morgan fingerprint density at radius 1 is 0.324 bits per heavy atom. The smallest absolute Gasteiger partial charge is 0.260 e. The Hall–Kier alpha value is -7.96. The van der Waals surface area contributed by atoms with Crippen LogP contribution in [0.3, 0.4) is 0 Å². The third-order valence-corrected chi connectivity index (χ3v) is 14.9. The van der Waals surface area contributed by atoms with Crippen LogP contribution in [0.4, 0.5) is 0 Å². The molecule has 0 atom stereocenters. The summed E-state index contributed by atoms with van der Waals surface area (Å²) in [6.45, 7) is 13.6. The van der Waals surface area contributed by atoms with Gasteiger partial charge in [0, 0.05) is 61.3 Å². The first kappa shape index (κ1) is 39.2. The van der Waals surface area contributed by atoms with Crippen molar-refractivity contribution in [3.63, 3.8) is 0 Å². The molecule has 0 unspecified atom stereocenters. The fraction of sp³-hybridized carbons (Fsp3) is 0.129. The van der Waals surface area contributed by atoms with Gasteiger partial charge in [-0.25, -0.2) is 0 Å². The van der Waals surface area contributed by atoms with Gasteiger partial charge in [0.05, 0.1) is 38.8 Å². The van der Waals surface area contributed by atoms with Crippen molar-refractivity contribution in [2.75, 3.05) is 0 Å².